The normalized spacial score (nSPS) is 11.7. The minimum absolute atomic E-state index is 0.179. The van der Waals surface area contributed by atoms with Gasteiger partial charge in [0.15, 0.2) is 0 Å². The van der Waals surface area contributed by atoms with E-state index in [2.05, 4.69) is 9.97 Å². The smallest absolute Gasteiger partial charge is 0.150 e. The molecule has 2 aromatic heterocycles. The van der Waals surface area contributed by atoms with Crippen LogP contribution >= 0.6 is 0 Å². The van der Waals surface area contributed by atoms with E-state index < -0.39 is 10.8 Å². The first-order valence-electron chi connectivity index (χ1n) is 5.15. The zero-order chi connectivity index (χ0) is 13.0. The second kappa shape index (κ2) is 5.38. The lowest BCUT2D eigenvalue weighted by atomic mass is 10.2. The molecule has 0 saturated carbocycles. The summed E-state index contributed by atoms with van der Waals surface area (Å²) >= 11 is 0. The summed E-state index contributed by atoms with van der Waals surface area (Å²) in [4.78, 5) is 7.92. The second-order valence-corrected chi connectivity index (χ2v) is 4.88. The lowest BCUT2D eigenvalue weighted by Crippen LogP contribution is -2.04. The van der Waals surface area contributed by atoms with Crippen LogP contribution in [0.2, 0.25) is 0 Å². The Balaban J connectivity index is 2.28. The van der Waals surface area contributed by atoms with E-state index in [4.69, 9.17) is 11.0 Å². The topological polar surface area (TPSA) is 92.7 Å². The van der Waals surface area contributed by atoms with Crippen LogP contribution in [-0.2, 0) is 16.6 Å². The van der Waals surface area contributed by atoms with Gasteiger partial charge in [0.25, 0.3) is 0 Å². The molecule has 18 heavy (non-hydrogen) atoms. The summed E-state index contributed by atoms with van der Waals surface area (Å²) in [6.45, 7) is 0. The Hall–Kier alpha value is -2.26. The van der Waals surface area contributed by atoms with Crippen molar-refractivity contribution in [3.8, 4) is 6.07 Å². The predicted molar refractivity (Wildman–Crippen MR) is 67.7 cm³/mol. The molecule has 2 heterocycles. The molecule has 0 saturated heterocycles. The van der Waals surface area contributed by atoms with Gasteiger partial charge >= 0.3 is 0 Å². The molecule has 0 bridgehead atoms. The lowest BCUT2D eigenvalue weighted by molar-refractivity contribution is 0.680. The first-order valence-corrected chi connectivity index (χ1v) is 6.47. The van der Waals surface area contributed by atoms with Crippen molar-refractivity contribution in [2.45, 2.75) is 10.8 Å². The van der Waals surface area contributed by atoms with Crippen molar-refractivity contribution in [2.75, 3.05) is 5.73 Å². The van der Waals surface area contributed by atoms with E-state index in [-0.39, 0.29) is 11.4 Å². The van der Waals surface area contributed by atoms with Gasteiger partial charge in [-0.1, -0.05) is 6.07 Å². The van der Waals surface area contributed by atoms with Crippen molar-refractivity contribution >= 4 is 16.5 Å². The van der Waals surface area contributed by atoms with Crippen molar-refractivity contribution in [3.05, 3.63) is 47.9 Å². The maximum atomic E-state index is 12.1. The van der Waals surface area contributed by atoms with Gasteiger partial charge in [-0.25, -0.2) is 9.97 Å². The fourth-order valence-corrected chi connectivity index (χ4v) is 2.62. The van der Waals surface area contributed by atoms with Crippen molar-refractivity contribution in [1.82, 2.24) is 9.97 Å². The SMILES string of the molecule is N#Cc1ncccc1CS(=O)c1ncccc1N. The summed E-state index contributed by atoms with van der Waals surface area (Å²) in [5, 5.41) is 9.24. The van der Waals surface area contributed by atoms with Gasteiger partial charge in [0.1, 0.15) is 16.8 Å². The highest BCUT2D eigenvalue weighted by atomic mass is 32.2. The third-order valence-electron chi connectivity index (χ3n) is 2.30. The number of nitrogens with two attached hydrogens (primary N) is 1. The van der Waals surface area contributed by atoms with Crippen LogP contribution in [0.15, 0.2) is 41.7 Å². The van der Waals surface area contributed by atoms with Crippen LogP contribution in [0.25, 0.3) is 0 Å². The number of nitrogen functional groups attached to an aromatic ring is 1. The highest BCUT2D eigenvalue weighted by Crippen LogP contribution is 2.17. The van der Waals surface area contributed by atoms with E-state index >= 15 is 0 Å². The van der Waals surface area contributed by atoms with Crippen molar-refractivity contribution < 1.29 is 4.21 Å². The Morgan fingerprint density at radius 1 is 1.28 bits per heavy atom. The Morgan fingerprint density at radius 2 is 2.00 bits per heavy atom. The van der Waals surface area contributed by atoms with Gasteiger partial charge < -0.3 is 5.73 Å². The Labute approximate surface area is 107 Å². The van der Waals surface area contributed by atoms with Gasteiger partial charge in [0.05, 0.1) is 22.2 Å². The molecule has 0 aliphatic carbocycles. The van der Waals surface area contributed by atoms with E-state index in [0.29, 0.717) is 16.3 Å². The van der Waals surface area contributed by atoms with Gasteiger partial charge in [-0.05, 0) is 18.2 Å². The van der Waals surface area contributed by atoms with Gasteiger partial charge in [-0.2, -0.15) is 5.26 Å². The Kier molecular flexibility index (Phi) is 3.65. The first kappa shape index (κ1) is 12.2. The van der Waals surface area contributed by atoms with Gasteiger partial charge in [-0.3, -0.25) is 4.21 Å². The summed E-state index contributed by atoms with van der Waals surface area (Å²) in [6.07, 6.45) is 3.07. The van der Waals surface area contributed by atoms with E-state index in [0.717, 1.165) is 0 Å². The summed E-state index contributed by atoms with van der Waals surface area (Å²) in [5.41, 5.74) is 7.00. The molecule has 0 amide bonds. The van der Waals surface area contributed by atoms with Crippen LogP contribution in [0.3, 0.4) is 0 Å². The first-order chi connectivity index (χ1) is 8.72. The van der Waals surface area contributed by atoms with Crippen LogP contribution in [0, 0.1) is 11.3 Å². The predicted octanol–water partition coefficient (Wildman–Crippen LogP) is 1.24. The van der Waals surface area contributed by atoms with E-state index in [1.54, 1.807) is 24.3 Å². The Morgan fingerprint density at radius 3 is 2.72 bits per heavy atom. The van der Waals surface area contributed by atoms with Crippen LogP contribution in [0.1, 0.15) is 11.3 Å². The van der Waals surface area contributed by atoms with Gasteiger partial charge in [-0.15, -0.1) is 0 Å². The number of rotatable bonds is 3. The van der Waals surface area contributed by atoms with Crippen LogP contribution < -0.4 is 5.73 Å². The summed E-state index contributed by atoms with van der Waals surface area (Å²) in [6, 6.07) is 8.73. The minimum atomic E-state index is -1.39. The number of anilines is 1. The zero-order valence-electron chi connectivity index (χ0n) is 9.41. The fraction of sp³-hybridized carbons (Fsp3) is 0.0833. The fourth-order valence-electron chi connectivity index (χ4n) is 1.46. The molecule has 2 rings (SSSR count). The van der Waals surface area contributed by atoms with E-state index in [1.807, 2.05) is 6.07 Å². The molecule has 2 N–H and O–H groups in total. The van der Waals surface area contributed by atoms with Crippen molar-refractivity contribution in [3.63, 3.8) is 0 Å². The maximum Gasteiger partial charge on any atom is 0.150 e. The van der Waals surface area contributed by atoms with Crippen molar-refractivity contribution in [1.29, 1.82) is 5.26 Å². The van der Waals surface area contributed by atoms with Crippen molar-refractivity contribution in [2.24, 2.45) is 0 Å². The maximum absolute atomic E-state index is 12.1. The highest BCUT2D eigenvalue weighted by molar-refractivity contribution is 7.84. The minimum Gasteiger partial charge on any atom is -0.396 e. The molecular formula is C12H10N4OS. The monoisotopic (exact) mass is 258 g/mol. The summed E-state index contributed by atoms with van der Waals surface area (Å²) in [7, 11) is -1.39. The summed E-state index contributed by atoms with van der Waals surface area (Å²) < 4.78 is 12.1. The van der Waals surface area contributed by atoms with Gasteiger partial charge in [0.2, 0.25) is 0 Å². The third kappa shape index (κ3) is 2.52. The molecule has 0 aliphatic heterocycles. The molecule has 0 aliphatic rings. The molecule has 1 atom stereocenters. The Bertz CT molecular complexity index is 636. The number of hydrogen-bond acceptors (Lipinski definition) is 5. The van der Waals surface area contributed by atoms with Crippen LogP contribution in [0.5, 0.6) is 0 Å². The standard InChI is InChI=1S/C12H10N4OS/c13-7-11-9(3-1-5-15-11)8-18(17)12-10(14)4-2-6-16-12/h1-6H,8,14H2. The molecule has 0 aromatic carbocycles. The molecule has 0 radical (unpaired) electrons. The number of aromatic nitrogens is 2. The molecule has 0 fully saturated rings. The van der Waals surface area contributed by atoms with Crippen LogP contribution in [-0.4, -0.2) is 14.2 Å². The highest BCUT2D eigenvalue weighted by Gasteiger charge is 2.12. The molecule has 0 spiro atoms. The average molecular weight is 258 g/mol. The molecule has 90 valence electrons. The molecule has 1 unspecified atom stereocenters. The number of nitriles is 1. The third-order valence-corrected chi connectivity index (χ3v) is 3.65. The lowest BCUT2D eigenvalue weighted by Gasteiger charge is -2.05. The zero-order valence-corrected chi connectivity index (χ0v) is 10.2. The van der Waals surface area contributed by atoms with E-state index in [1.165, 1.54) is 12.4 Å². The molecule has 2 aromatic rings. The van der Waals surface area contributed by atoms with E-state index in [9.17, 15) is 4.21 Å². The van der Waals surface area contributed by atoms with Gasteiger partial charge in [0, 0.05) is 18.0 Å². The quantitative estimate of drug-likeness (QED) is 0.894. The molecule has 5 nitrogen and oxygen atoms in total. The van der Waals surface area contributed by atoms with Crippen LogP contribution in [0.4, 0.5) is 5.69 Å². The summed E-state index contributed by atoms with van der Waals surface area (Å²) in [5.74, 6) is 0.179. The average Bonchev–Trinajstić information content (AvgIpc) is 2.39. The molecule has 6 heteroatoms. The number of nitrogens with zero attached hydrogens (tertiary/aromatic N) is 3. The molecular weight excluding hydrogens is 248 g/mol. The largest absolute Gasteiger partial charge is 0.396 e. The number of hydrogen-bond donors (Lipinski definition) is 1. The number of pyridine rings is 2. The second-order valence-electron chi connectivity index (χ2n) is 3.51.